The summed E-state index contributed by atoms with van der Waals surface area (Å²) >= 11 is 1.67. The molecule has 2 aliphatic rings. The van der Waals surface area contributed by atoms with Crippen LogP contribution in [0, 0.1) is 0 Å². The molecule has 3 nitrogen and oxygen atoms in total. The molecule has 10 heavy (non-hydrogen) atoms. The summed E-state index contributed by atoms with van der Waals surface area (Å²) in [5, 5.41) is 5.75. The van der Waals surface area contributed by atoms with Crippen LogP contribution >= 0.6 is 11.8 Å². The molecule has 0 atom stereocenters. The lowest BCUT2D eigenvalue weighted by atomic mass is 10.1. The molecule has 0 unspecified atom stereocenters. The van der Waals surface area contributed by atoms with Crippen LogP contribution in [-0.2, 0) is 4.79 Å². The molecule has 0 saturated carbocycles. The Bertz CT molecular complexity index is 244. The fourth-order valence-corrected chi connectivity index (χ4v) is 1.82. The second-order valence-corrected chi connectivity index (χ2v) is 3.13. The van der Waals surface area contributed by atoms with Crippen molar-refractivity contribution in [1.29, 1.82) is 0 Å². The van der Waals surface area contributed by atoms with Crippen molar-refractivity contribution in [3.63, 3.8) is 0 Å². The van der Waals surface area contributed by atoms with E-state index in [0.29, 0.717) is 0 Å². The van der Waals surface area contributed by atoms with Gasteiger partial charge in [-0.3, -0.25) is 4.79 Å². The van der Waals surface area contributed by atoms with Crippen LogP contribution < -0.4 is 5.43 Å². The summed E-state index contributed by atoms with van der Waals surface area (Å²) in [7, 11) is 0. The molecule has 52 valence electrons. The molecule has 2 heterocycles. The first-order valence-electron chi connectivity index (χ1n) is 3.07. The molecule has 0 spiro atoms. The van der Waals surface area contributed by atoms with Crippen molar-refractivity contribution < 1.29 is 4.79 Å². The molecule has 1 amide bonds. The number of carbonyl (C=O) groups excluding carboxylic acids is 1. The van der Waals surface area contributed by atoms with E-state index in [-0.39, 0.29) is 5.91 Å². The minimum Gasteiger partial charge on any atom is -0.267 e. The molecule has 0 aromatic rings. The van der Waals surface area contributed by atoms with Gasteiger partial charge in [0.1, 0.15) is 0 Å². The maximum Gasteiger partial charge on any atom is 0.273 e. The number of thioether (sulfide) groups is 1. The Kier molecular flexibility index (Phi) is 1.27. The van der Waals surface area contributed by atoms with Gasteiger partial charge in [-0.2, -0.15) is 5.10 Å². The zero-order valence-corrected chi connectivity index (χ0v) is 6.07. The van der Waals surface area contributed by atoms with Crippen molar-refractivity contribution in [3.05, 3.63) is 11.0 Å². The molecule has 0 bridgehead atoms. The lowest BCUT2D eigenvalue weighted by Crippen LogP contribution is -2.14. The van der Waals surface area contributed by atoms with E-state index in [0.717, 1.165) is 23.5 Å². The minimum atomic E-state index is -0.0535. The Morgan fingerprint density at radius 2 is 2.60 bits per heavy atom. The zero-order valence-electron chi connectivity index (χ0n) is 5.26. The van der Waals surface area contributed by atoms with E-state index in [1.165, 1.54) is 0 Å². The van der Waals surface area contributed by atoms with Gasteiger partial charge in [-0.25, -0.2) is 5.43 Å². The number of hydrogen-bond donors (Lipinski definition) is 1. The van der Waals surface area contributed by atoms with Crippen molar-refractivity contribution in [3.8, 4) is 0 Å². The van der Waals surface area contributed by atoms with Crippen LogP contribution in [0.3, 0.4) is 0 Å². The average molecular weight is 154 g/mol. The third kappa shape index (κ3) is 0.759. The summed E-state index contributed by atoms with van der Waals surface area (Å²) in [6.45, 7) is 0. The van der Waals surface area contributed by atoms with Gasteiger partial charge in [0, 0.05) is 12.2 Å². The molecular formula is C6H6N2OS. The summed E-state index contributed by atoms with van der Waals surface area (Å²) < 4.78 is 0. The smallest absolute Gasteiger partial charge is 0.267 e. The van der Waals surface area contributed by atoms with Gasteiger partial charge >= 0.3 is 0 Å². The van der Waals surface area contributed by atoms with Crippen LogP contribution in [0.5, 0.6) is 0 Å². The van der Waals surface area contributed by atoms with Crippen LogP contribution in [0.2, 0.25) is 0 Å². The standard InChI is InChI=1S/C6H6N2OS/c9-6-4-3-10-2-1-5(4)7-8-6/h3H,1-2H2,(H,8,9). The fourth-order valence-electron chi connectivity index (χ4n) is 0.980. The van der Waals surface area contributed by atoms with Crippen molar-refractivity contribution in [2.24, 2.45) is 5.10 Å². The molecule has 0 aromatic heterocycles. The first-order chi connectivity index (χ1) is 4.88. The van der Waals surface area contributed by atoms with Crippen molar-refractivity contribution >= 4 is 23.4 Å². The second kappa shape index (κ2) is 2.12. The molecule has 2 aliphatic heterocycles. The first kappa shape index (κ1) is 5.97. The molecule has 4 heteroatoms. The monoisotopic (exact) mass is 154 g/mol. The summed E-state index contributed by atoms with van der Waals surface area (Å²) in [6, 6.07) is 0. The van der Waals surface area contributed by atoms with Gasteiger partial charge in [0.15, 0.2) is 0 Å². The highest BCUT2D eigenvalue weighted by Crippen LogP contribution is 2.21. The van der Waals surface area contributed by atoms with Crippen molar-refractivity contribution in [2.45, 2.75) is 6.42 Å². The molecule has 2 rings (SSSR count). The minimum absolute atomic E-state index is 0.0535. The molecule has 1 N–H and O–H groups in total. The van der Waals surface area contributed by atoms with Gasteiger partial charge in [0.2, 0.25) is 0 Å². The Balaban J connectivity index is 2.38. The first-order valence-corrected chi connectivity index (χ1v) is 4.12. The maximum atomic E-state index is 10.9. The van der Waals surface area contributed by atoms with E-state index < -0.39 is 0 Å². The Labute approximate surface area is 62.6 Å². The number of nitrogens with zero attached hydrogens (tertiary/aromatic N) is 1. The number of rotatable bonds is 0. The molecule has 0 aliphatic carbocycles. The Hall–Kier alpha value is -0.770. The van der Waals surface area contributed by atoms with E-state index in [1.807, 2.05) is 5.41 Å². The fraction of sp³-hybridized carbons (Fsp3) is 0.333. The van der Waals surface area contributed by atoms with Crippen LogP contribution in [0.25, 0.3) is 0 Å². The predicted molar refractivity (Wildman–Crippen MR) is 40.7 cm³/mol. The second-order valence-electron chi connectivity index (χ2n) is 2.15. The normalized spacial score (nSPS) is 23.0. The van der Waals surface area contributed by atoms with E-state index in [4.69, 9.17) is 0 Å². The van der Waals surface area contributed by atoms with Crippen LogP contribution in [0.15, 0.2) is 16.1 Å². The lowest BCUT2D eigenvalue weighted by molar-refractivity contribution is -0.116. The number of carbonyl (C=O) groups is 1. The highest BCUT2D eigenvalue weighted by Gasteiger charge is 2.23. The highest BCUT2D eigenvalue weighted by molar-refractivity contribution is 8.02. The largest absolute Gasteiger partial charge is 0.273 e. The van der Waals surface area contributed by atoms with E-state index >= 15 is 0 Å². The lowest BCUT2D eigenvalue weighted by Gasteiger charge is -2.04. The summed E-state index contributed by atoms with van der Waals surface area (Å²) in [6.07, 6.45) is 0.912. The topological polar surface area (TPSA) is 41.5 Å². The van der Waals surface area contributed by atoms with Gasteiger partial charge in [0.25, 0.3) is 5.91 Å². The molecule has 0 aromatic carbocycles. The Morgan fingerprint density at radius 1 is 1.70 bits per heavy atom. The number of nitrogens with one attached hydrogen (secondary N) is 1. The van der Waals surface area contributed by atoms with E-state index in [2.05, 4.69) is 10.5 Å². The van der Waals surface area contributed by atoms with Crippen LogP contribution in [0.4, 0.5) is 0 Å². The van der Waals surface area contributed by atoms with Gasteiger partial charge < -0.3 is 0 Å². The van der Waals surface area contributed by atoms with Gasteiger partial charge in [-0.1, -0.05) is 0 Å². The highest BCUT2D eigenvalue weighted by atomic mass is 32.2. The van der Waals surface area contributed by atoms with Crippen molar-refractivity contribution in [2.75, 3.05) is 5.75 Å². The predicted octanol–water partition coefficient (Wildman–Crippen LogP) is 0.493. The Morgan fingerprint density at radius 3 is 3.40 bits per heavy atom. The molecular weight excluding hydrogens is 148 g/mol. The summed E-state index contributed by atoms with van der Waals surface area (Å²) in [5.74, 6) is 0.985. The summed E-state index contributed by atoms with van der Waals surface area (Å²) in [5.41, 5.74) is 4.11. The van der Waals surface area contributed by atoms with Gasteiger partial charge in [-0.05, 0) is 5.41 Å². The molecule has 0 fully saturated rings. The van der Waals surface area contributed by atoms with Crippen molar-refractivity contribution in [1.82, 2.24) is 5.43 Å². The third-order valence-corrected chi connectivity index (χ3v) is 2.35. The van der Waals surface area contributed by atoms with Gasteiger partial charge in [0.05, 0.1) is 11.3 Å². The SMILES string of the molecule is O=C1NN=C2CCSC=C12. The number of hydrogen-bond acceptors (Lipinski definition) is 3. The van der Waals surface area contributed by atoms with E-state index in [1.54, 1.807) is 11.8 Å². The zero-order chi connectivity index (χ0) is 6.97. The number of amides is 1. The maximum absolute atomic E-state index is 10.9. The van der Waals surface area contributed by atoms with Crippen LogP contribution in [0.1, 0.15) is 6.42 Å². The van der Waals surface area contributed by atoms with Crippen LogP contribution in [-0.4, -0.2) is 17.4 Å². The summed E-state index contributed by atoms with van der Waals surface area (Å²) in [4.78, 5) is 10.9. The third-order valence-electron chi connectivity index (χ3n) is 1.51. The number of fused-ring (bicyclic) bond motifs is 1. The quantitative estimate of drug-likeness (QED) is 0.551. The average Bonchev–Trinajstić information content (AvgIpc) is 2.34. The van der Waals surface area contributed by atoms with Gasteiger partial charge in [-0.15, -0.1) is 11.8 Å². The van der Waals surface area contributed by atoms with E-state index in [9.17, 15) is 4.79 Å². The molecule has 0 radical (unpaired) electrons. The molecule has 0 saturated heterocycles. The number of hydrazone groups is 1.